The van der Waals surface area contributed by atoms with Gasteiger partial charge < -0.3 is 14.5 Å². The zero-order valence-corrected chi connectivity index (χ0v) is 16.3. The van der Waals surface area contributed by atoms with E-state index in [1.54, 1.807) is 34.2 Å². The molecule has 2 aromatic rings. The third kappa shape index (κ3) is 3.06. The van der Waals surface area contributed by atoms with Crippen molar-refractivity contribution >= 4 is 11.8 Å². The van der Waals surface area contributed by atoms with Crippen molar-refractivity contribution in [2.45, 2.75) is 43.6 Å². The minimum Gasteiger partial charge on any atom is -0.342 e. The van der Waals surface area contributed by atoms with Crippen molar-refractivity contribution in [3.05, 3.63) is 65.5 Å². The molecule has 5 rings (SSSR count). The van der Waals surface area contributed by atoms with Crippen LogP contribution in [0.15, 0.2) is 42.6 Å². The summed E-state index contributed by atoms with van der Waals surface area (Å²) in [5, 5.41) is 0. The Morgan fingerprint density at radius 1 is 1.10 bits per heavy atom. The number of pyridine rings is 1. The van der Waals surface area contributed by atoms with Crippen LogP contribution in [-0.2, 0) is 9.53 Å². The summed E-state index contributed by atoms with van der Waals surface area (Å²) in [6, 6.07) is 8.17. The van der Waals surface area contributed by atoms with Gasteiger partial charge in [0.1, 0.15) is 23.6 Å². The van der Waals surface area contributed by atoms with E-state index in [0.29, 0.717) is 50.0 Å². The summed E-state index contributed by atoms with van der Waals surface area (Å²) in [4.78, 5) is 33.4. The number of nitrogens with zero attached hydrogens (tertiary/aromatic N) is 3. The molecule has 3 fully saturated rings. The van der Waals surface area contributed by atoms with E-state index in [2.05, 4.69) is 4.98 Å². The lowest BCUT2D eigenvalue weighted by Crippen LogP contribution is -2.51. The third-order valence-corrected chi connectivity index (χ3v) is 6.33. The van der Waals surface area contributed by atoms with Gasteiger partial charge in [0, 0.05) is 38.2 Å². The highest BCUT2D eigenvalue weighted by Crippen LogP contribution is 2.47. The highest BCUT2D eigenvalue weighted by Gasteiger charge is 2.58. The Kier molecular flexibility index (Phi) is 4.54. The Bertz CT molecular complexity index is 972. The fraction of sp³-hybridized carbons (Fsp3) is 0.409. The molecule has 3 aliphatic rings. The number of aromatic nitrogens is 1. The molecular formula is C22H21F2N3O3. The minimum absolute atomic E-state index is 0.149. The maximum absolute atomic E-state index is 13.7. The van der Waals surface area contributed by atoms with Crippen molar-refractivity contribution in [2.75, 3.05) is 13.1 Å². The lowest BCUT2D eigenvalue weighted by molar-refractivity contribution is -0.142. The zero-order valence-electron chi connectivity index (χ0n) is 16.3. The maximum Gasteiger partial charge on any atom is 0.272 e. The Labute approximate surface area is 172 Å². The fourth-order valence-electron chi connectivity index (χ4n) is 4.86. The molecule has 30 heavy (non-hydrogen) atoms. The summed E-state index contributed by atoms with van der Waals surface area (Å²) in [6.45, 7) is 0.780. The normalized spacial score (nSPS) is 25.1. The van der Waals surface area contributed by atoms with E-state index in [9.17, 15) is 18.4 Å². The minimum atomic E-state index is -0.976. The number of hydrogen-bond acceptors (Lipinski definition) is 4. The first kappa shape index (κ1) is 19.1. The number of ether oxygens (including phenoxy) is 1. The van der Waals surface area contributed by atoms with Crippen LogP contribution < -0.4 is 0 Å². The van der Waals surface area contributed by atoms with Crippen LogP contribution in [0.3, 0.4) is 0 Å². The molecule has 2 atom stereocenters. The van der Waals surface area contributed by atoms with Crippen LogP contribution >= 0.6 is 0 Å². The largest absolute Gasteiger partial charge is 0.342 e. The highest BCUT2D eigenvalue weighted by atomic mass is 19.1. The van der Waals surface area contributed by atoms with Gasteiger partial charge in [-0.25, -0.2) is 8.78 Å². The van der Waals surface area contributed by atoms with Crippen LogP contribution in [0.5, 0.6) is 0 Å². The Morgan fingerprint density at radius 3 is 2.50 bits per heavy atom. The SMILES string of the molecule is O=C(c1ccccn1)N1CCC2(CC1)OC1CC[C@@H](c3cc(F)cc(F)c3)N1C2=O. The molecule has 3 aliphatic heterocycles. The van der Waals surface area contributed by atoms with Gasteiger partial charge in [0.15, 0.2) is 5.60 Å². The van der Waals surface area contributed by atoms with E-state index in [-0.39, 0.29) is 11.8 Å². The number of halogens is 2. The van der Waals surface area contributed by atoms with Gasteiger partial charge in [-0.1, -0.05) is 6.07 Å². The predicted octanol–water partition coefficient (Wildman–Crippen LogP) is 3.05. The van der Waals surface area contributed by atoms with Gasteiger partial charge in [-0.15, -0.1) is 0 Å². The Balaban J connectivity index is 1.32. The molecule has 156 valence electrons. The topological polar surface area (TPSA) is 62.7 Å². The van der Waals surface area contributed by atoms with Gasteiger partial charge in [-0.3, -0.25) is 14.6 Å². The number of piperidine rings is 1. The van der Waals surface area contributed by atoms with Crippen LogP contribution in [0, 0.1) is 11.6 Å². The lowest BCUT2D eigenvalue weighted by atomic mass is 9.89. The number of rotatable bonds is 2. The second kappa shape index (κ2) is 7.12. The molecular weight excluding hydrogens is 392 g/mol. The summed E-state index contributed by atoms with van der Waals surface area (Å²) < 4.78 is 33.6. The number of fused-ring (bicyclic) bond motifs is 1. The standard InChI is InChI=1S/C22H21F2N3O3/c23-15-11-14(12-16(24)13-15)18-4-5-19-27(18)21(29)22(30-19)6-9-26(10-7-22)20(28)17-3-1-2-8-25-17/h1-3,8,11-13,18-19H,4-7,9-10H2/t18-,19?/m0/s1. The van der Waals surface area contributed by atoms with E-state index in [1.807, 2.05) is 0 Å². The predicted molar refractivity (Wildman–Crippen MR) is 102 cm³/mol. The number of hydrogen-bond donors (Lipinski definition) is 0. The molecule has 0 aliphatic carbocycles. The molecule has 0 N–H and O–H groups in total. The van der Waals surface area contributed by atoms with Gasteiger partial charge in [-0.05, 0) is 42.7 Å². The summed E-state index contributed by atoms with van der Waals surface area (Å²) in [5.74, 6) is -1.62. The second-order valence-corrected chi connectivity index (χ2v) is 8.08. The van der Waals surface area contributed by atoms with E-state index < -0.39 is 29.5 Å². The van der Waals surface area contributed by atoms with Crippen molar-refractivity contribution in [1.29, 1.82) is 0 Å². The maximum atomic E-state index is 13.7. The molecule has 2 amide bonds. The number of amides is 2. The van der Waals surface area contributed by atoms with Gasteiger partial charge in [0.05, 0.1) is 6.04 Å². The number of carbonyl (C=O) groups is 2. The molecule has 6 nitrogen and oxygen atoms in total. The average Bonchev–Trinajstić information content (AvgIpc) is 3.26. The zero-order chi connectivity index (χ0) is 20.9. The van der Waals surface area contributed by atoms with Crippen LogP contribution in [-0.4, -0.2) is 51.5 Å². The van der Waals surface area contributed by atoms with E-state index >= 15 is 0 Å². The molecule has 1 aromatic carbocycles. The van der Waals surface area contributed by atoms with Crippen molar-refractivity contribution in [3.63, 3.8) is 0 Å². The van der Waals surface area contributed by atoms with Crippen LogP contribution in [0.25, 0.3) is 0 Å². The molecule has 1 unspecified atom stereocenters. The summed E-state index contributed by atoms with van der Waals surface area (Å²) >= 11 is 0. The Morgan fingerprint density at radius 2 is 1.83 bits per heavy atom. The van der Waals surface area contributed by atoms with E-state index in [0.717, 1.165) is 6.07 Å². The first-order valence-corrected chi connectivity index (χ1v) is 10.1. The third-order valence-electron chi connectivity index (χ3n) is 6.33. The molecule has 1 aromatic heterocycles. The highest BCUT2D eigenvalue weighted by molar-refractivity contribution is 5.93. The summed E-state index contributed by atoms with van der Waals surface area (Å²) in [6.07, 6.45) is 3.17. The average molecular weight is 413 g/mol. The van der Waals surface area contributed by atoms with E-state index in [1.165, 1.54) is 12.1 Å². The van der Waals surface area contributed by atoms with Crippen LogP contribution in [0.2, 0.25) is 0 Å². The summed E-state index contributed by atoms with van der Waals surface area (Å²) in [5.41, 5.74) is -0.150. The monoisotopic (exact) mass is 413 g/mol. The van der Waals surface area contributed by atoms with Gasteiger partial charge in [0.25, 0.3) is 11.8 Å². The lowest BCUT2D eigenvalue weighted by Gasteiger charge is -2.37. The molecule has 8 heteroatoms. The molecule has 3 saturated heterocycles. The van der Waals surface area contributed by atoms with Crippen molar-refractivity contribution in [1.82, 2.24) is 14.8 Å². The Hall–Kier alpha value is -2.87. The van der Waals surface area contributed by atoms with Gasteiger partial charge in [-0.2, -0.15) is 0 Å². The number of likely N-dealkylation sites (tertiary alicyclic amines) is 1. The smallest absolute Gasteiger partial charge is 0.272 e. The van der Waals surface area contributed by atoms with Crippen molar-refractivity contribution < 1.29 is 23.1 Å². The summed E-state index contributed by atoms with van der Waals surface area (Å²) in [7, 11) is 0. The molecule has 0 radical (unpaired) electrons. The van der Waals surface area contributed by atoms with E-state index in [4.69, 9.17) is 4.74 Å². The number of benzene rings is 1. The molecule has 0 saturated carbocycles. The first-order chi connectivity index (χ1) is 14.5. The van der Waals surface area contributed by atoms with Crippen molar-refractivity contribution in [3.8, 4) is 0 Å². The van der Waals surface area contributed by atoms with Crippen molar-refractivity contribution in [2.24, 2.45) is 0 Å². The molecule has 0 bridgehead atoms. The molecule has 4 heterocycles. The quantitative estimate of drug-likeness (QED) is 0.759. The van der Waals surface area contributed by atoms with Gasteiger partial charge >= 0.3 is 0 Å². The number of carbonyl (C=O) groups excluding carboxylic acids is 2. The fourth-order valence-corrected chi connectivity index (χ4v) is 4.86. The second-order valence-electron chi connectivity index (χ2n) is 8.08. The first-order valence-electron chi connectivity index (χ1n) is 10.1. The molecule has 1 spiro atoms. The van der Waals surface area contributed by atoms with Crippen LogP contribution in [0.1, 0.15) is 47.8 Å². The van der Waals surface area contributed by atoms with Gasteiger partial charge in [0.2, 0.25) is 0 Å². The van der Waals surface area contributed by atoms with Crippen LogP contribution in [0.4, 0.5) is 8.78 Å².